The van der Waals surface area contributed by atoms with Gasteiger partial charge in [-0.05, 0) is 28.8 Å². The van der Waals surface area contributed by atoms with E-state index in [1.165, 1.54) is 13.2 Å². The topological polar surface area (TPSA) is 55.5 Å². The highest BCUT2D eigenvalue weighted by Crippen LogP contribution is 2.54. The number of phenols is 1. The number of rotatable bonds is 3. The van der Waals surface area contributed by atoms with E-state index in [0.29, 0.717) is 12.1 Å². The second kappa shape index (κ2) is 3.89. The largest absolute Gasteiger partial charge is 0.504 e. The molecule has 0 unspecified atom stereocenters. The molecule has 1 aromatic carbocycles. The molecule has 0 heterocycles. The number of halogens is 2. The van der Waals surface area contributed by atoms with Crippen molar-refractivity contribution in [3.63, 3.8) is 0 Å². The van der Waals surface area contributed by atoms with E-state index in [4.69, 9.17) is 10.5 Å². The minimum Gasteiger partial charge on any atom is -0.504 e. The maximum atomic E-state index is 14.1. The van der Waals surface area contributed by atoms with Crippen LogP contribution in [0.1, 0.15) is 18.4 Å². The van der Waals surface area contributed by atoms with E-state index in [1.54, 1.807) is 0 Å². The number of methoxy groups -OCH3 is 1. The van der Waals surface area contributed by atoms with Gasteiger partial charge >= 0.3 is 0 Å². The first-order valence-corrected chi connectivity index (χ1v) is 5.80. The standard InChI is InChI=1S/C11H13BrFNO2/c1-16-10-7(15)4-6(12)9(13)8(10)11(5-14)2-3-11/h4,15H,2-3,5,14H2,1H3. The highest BCUT2D eigenvalue weighted by molar-refractivity contribution is 9.10. The SMILES string of the molecule is COc1c(O)cc(Br)c(F)c1C1(CN)CC1. The third-order valence-electron chi connectivity index (χ3n) is 3.13. The Morgan fingerprint density at radius 3 is 2.69 bits per heavy atom. The first-order valence-electron chi connectivity index (χ1n) is 5.01. The van der Waals surface area contributed by atoms with Crippen molar-refractivity contribution in [3.8, 4) is 11.5 Å². The summed E-state index contributed by atoms with van der Waals surface area (Å²) in [4.78, 5) is 0. The van der Waals surface area contributed by atoms with Crippen molar-refractivity contribution in [2.75, 3.05) is 13.7 Å². The van der Waals surface area contributed by atoms with Gasteiger partial charge in [0.25, 0.3) is 0 Å². The monoisotopic (exact) mass is 289 g/mol. The fourth-order valence-electron chi connectivity index (χ4n) is 1.98. The third kappa shape index (κ3) is 1.58. The lowest BCUT2D eigenvalue weighted by Crippen LogP contribution is -2.22. The summed E-state index contributed by atoms with van der Waals surface area (Å²) >= 11 is 3.08. The van der Waals surface area contributed by atoms with Crippen molar-refractivity contribution in [3.05, 3.63) is 21.9 Å². The molecule has 0 aliphatic heterocycles. The number of phenolic OH excluding ortho intramolecular Hbond substituents is 1. The Balaban J connectivity index is 2.66. The van der Waals surface area contributed by atoms with Gasteiger partial charge in [-0.3, -0.25) is 0 Å². The van der Waals surface area contributed by atoms with Crippen LogP contribution in [0.4, 0.5) is 4.39 Å². The molecule has 1 aliphatic rings. The van der Waals surface area contributed by atoms with Crippen LogP contribution in [0.2, 0.25) is 0 Å². The molecule has 16 heavy (non-hydrogen) atoms. The van der Waals surface area contributed by atoms with Crippen LogP contribution in [0, 0.1) is 5.82 Å². The van der Waals surface area contributed by atoms with Gasteiger partial charge in [-0.25, -0.2) is 4.39 Å². The van der Waals surface area contributed by atoms with Crippen LogP contribution < -0.4 is 10.5 Å². The van der Waals surface area contributed by atoms with E-state index >= 15 is 0 Å². The van der Waals surface area contributed by atoms with Crippen LogP contribution in [-0.4, -0.2) is 18.8 Å². The van der Waals surface area contributed by atoms with Gasteiger partial charge in [-0.1, -0.05) is 0 Å². The highest BCUT2D eigenvalue weighted by atomic mass is 79.9. The number of hydrogen-bond acceptors (Lipinski definition) is 3. The smallest absolute Gasteiger partial charge is 0.167 e. The van der Waals surface area contributed by atoms with E-state index in [0.717, 1.165) is 12.8 Å². The molecule has 2 rings (SSSR count). The van der Waals surface area contributed by atoms with Crippen LogP contribution >= 0.6 is 15.9 Å². The van der Waals surface area contributed by atoms with Crippen molar-refractivity contribution >= 4 is 15.9 Å². The predicted molar refractivity (Wildman–Crippen MR) is 62.3 cm³/mol. The predicted octanol–water partition coefficient (Wildman–Crippen LogP) is 2.29. The maximum absolute atomic E-state index is 14.1. The molecule has 1 aromatic rings. The average molecular weight is 290 g/mol. The molecule has 0 atom stereocenters. The van der Waals surface area contributed by atoms with Crippen molar-refractivity contribution in [2.45, 2.75) is 18.3 Å². The van der Waals surface area contributed by atoms with Crippen LogP contribution in [0.15, 0.2) is 10.5 Å². The Labute approximate surface area is 102 Å². The number of hydrogen-bond donors (Lipinski definition) is 2. The normalized spacial score (nSPS) is 17.2. The molecule has 0 spiro atoms. The molecule has 0 saturated heterocycles. The number of nitrogens with two attached hydrogens (primary N) is 1. The maximum Gasteiger partial charge on any atom is 0.167 e. The van der Waals surface area contributed by atoms with Crippen LogP contribution in [0.5, 0.6) is 11.5 Å². The molecule has 5 heteroatoms. The molecule has 0 bridgehead atoms. The van der Waals surface area contributed by atoms with E-state index in [2.05, 4.69) is 15.9 Å². The molecule has 3 nitrogen and oxygen atoms in total. The number of ether oxygens (including phenoxy) is 1. The average Bonchev–Trinajstić information content (AvgIpc) is 3.03. The van der Waals surface area contributed by atoms with Crippen molar-refractivity contribution in [1.82, 2.24) is 0 Å². The summed E-state index contributed by atoms with van der Waals surface area (Å²) in [6.45, 7) is 0.357. The minimum atomic E-state index is -0.391. The van der Waals surface area contributed by atoms with Crippen molar-refractivity contribution in [2.24, 2.45) is 5.73 Å². The van der Waals surface area contributed by atoms with Gasteiger partial charge in [-0.2, -0.15) is 0 Å². The van der Waals surface area contributed by atoms with Gasteiger partial charge in [-0.15, -0.1) is 0 Å². The van der Waals surface area contributed by atoms with Crippen LogP contribution in [0.25, 0.3) is 0 Å². The summed E-state index contributed by atoms with van der Waals surface area (Å²) in [6, 6.07) is 1.30. The zero-order valence-electron chi connectivity index (χ0n) is 8.89. The fourth-order valence-corrected chi connectivity index (χ4v) is 2.40. The van der Waals surface area contributed by atoms with Crippen LogP contribution in [-0.2, 0) is 5.41 Å². The quantitative estimate of drug-likeness (QED) is 0.898. The molecule has 1 fully saturated rings. The Bertz CT molecular complexity index is 432. The molecule has 0 aromatic heterocycles. The zero-order valence-corrected chi connectivity index (χ0v) is 10.5. The Kier molecular flexibility index (Phi) is 2.84. The van der Waals surface area contributed by atoms with Gasteiger partial charge in [0.05, 0.1) is 11.6 Å². The van der Waals surface area contributed by atoms with E-state index in [1.807, 2.05) is 0 Å². The lowest BCUT2D eigenvalue weighted by atomic mass is 9.94. The van der Waals surface area contributed by atoms with Crippen molar-refractivity contribution < 1.29 is 14.2 Å². The third-order valence-corrected chi connectivity index (χ3v) is 3.71. The van der Waals surface area contributed by atoms with Gasteiger partial charge in [0.2, 0.25) is 0 Å². The summed E-state index contributed by atoms with van der Waals surface area (Å²) in [5.41, 5.74) is 5.70. The second-order valence-electron chi connectivity index (χ2n) is 4.08. The van der Waals surface area contributed by atoms with Crippen molar-refractivity contribution in [1.29, 1.82) is 0 Å². The molecule has 0 radical (unpaired) electrons. The van der Waals surface area contributed by atoms with Gasteiger partial charge in [0, 0.05) is 23.6 Å². The molecule has 1 aliphatic carbocycles. The summed E-state index contributed by atoms with van der Waals surface area (Å²) in [6.07, 6.45) is 1.65. The summed E-state index contributed by atoms with van der Waals surface area (Å²) in [5, 5.41) is 9.72. The summed E-state index contributed by atoms with van der Waals surface area (Å²) < 4.78 is 19.4. The number of benzene rings is 1. The molecule has 88 valence electrons. The molecular weight excluding hydrogens is 277 g/mol. The minimum absolute atomic E-state index is 0.0644. The molecule has 1 saturated carbocycles. The lowest BCUT2D eigenvalue weighted by Gasteiger charge is -2.19. The Hall–Kier alpha value is -0.810. The zero-order chi connectivity index (χ0) is 11.9. The van der Waals surface area contributed by atoms with Gasteiger partial charge in [0.1, 0.15) is 5.82 Å². The fraction of sp³-hybridized carbons (Fsp3) is 0.455. The summed E-state index contributed by atoms with van der Waals surface area (Å²) in [7, 11) is 1.42. The first-order chi connectivity index (χ1) is 7.55. The van der Waals surface area contributed by atoms with E-state index in [9.17, 15) is 9.50 Å². The highest BCUT2D eigenvalue weighted by Gasteiger charge is 2.48. The van der Waals surface area contributed by atoms with Gasteiger partial charge < -0.3 is 15.6 Å². The Morgan fingerprint density at radius 2 is 2.25 bits per heavy atom. The van der Waals surface area contributed by atoms with Gasteiger partial charge in [0.15, 0.2) is 11.5 Å². The molecular formula is C11H13BrFNO2. The second-order valence-corrected chi connectivity index (χ2v) is 4.94. The number of aromatic hydroxyl groups is 1. The summed E-state index contributed by atoms with van der Waals surface area (Å²) in [5.74, 6) is -0.258. The first kappa shape index (κ1) is 11.7. The lowest BCUT2D eigenvalue weighted by molar-refractivity contribution is 0.358. The molecule has 3 N–H and O–H groups in total. The van der Waals surface area contributed by atoms with E-state index < -0.39 is 5.82 Å². The van der Waals surface area contributed by atoms with E-state index in [-0.39, 0.29) is 21.4 Å². The molecule has 0 amide bonds. The Morgan fingerprint density at radius 1 is 1.62 bits per heavy atom. The van der Waals surface area contributed by atoms with Crippen LogP contribution in [0.3, 0.4) is 0 Å².